The molecule has 5 rings (SSSR count). The van der Waals surface area contributed by atoms with Gasteiger partial charge in [0, 0.05) is 45.1 Å². The van der Waals surface area contributed by atoms with Crippen LogP contribution in [0.2, 0.25) is 0 Å². The second kappa shape index (κ2) is 10.2. The van der Waals surface area contributed by atoms with Crippen molar-refractivity contribution in [2.45, 2.75) is 69.5 Å². The minimum atomic E-state index is -0.811. The molecule has 6 heteroatoms. The standard InChI is InChI=1S/C31H35NO4S/c1-5-27(37-28-9-7-6-8-19(28)2)21-18-22-25(36-26(21)13-15-33)12-14-32-24-11-10-20(17-29(34)35)16-23(24)31(3,4)30(22)32/h5-11,16,18,25-26,33H,12-15,17H2,1-4H3,(H,34,35)/p+1/b27-5-. The number of hydrogen-bond acceptors (Lipinski definition) is 4. The van der Waals surface area contributed by atoms with E-state index < -0.39 is 5.97 Å². The third-order valence-corrected chi connectivity index (χ3v) is 9.10. The van der Waals surface area contributed by atoms with Crippen LogP contribution in [-0.2, 0) is 21.4 Å². The number of thioether (sulfide) groups is 1. The van der Waals surface area contributed by atoms with E-state index in [1.54, 1.807) is 11.8 Å². The highest BCUT2D eigenvalue weighted by Crippen LogP contribution is 2.53. The van der Waals surface area contributed by atoms with E-state index in [0.717, 1.165) is 24.1 Å². The number of anilines is 1. The van der Waals surface area contributed by atoms with E-state index >= 15 is 0 Å². The van der Waals surface area contributed by atoms with Crippen LogP contribution < -0.4 is 4.90 Å². The van der Waals surface area contributed by atoms with Gasteiger partial charge in [0.05, 0.1) is 18.6 Å². The first kappa shape index (κ1) is 25.8. The van der Waals surface area contributed by atoms with Crippen LogP contribution >= 0.6 is 11.8 Å². The predicted octanol–water partition coefficient (Wildman–Crippen LogP) is 5.88. The Morgan fingerprint density at radius 2 is 2.05 bits per heavy atom. The first-order valence-corrected chi connectivity index (χ1v) is 13.9. The zero-order valence-electron chi connectivity index (χ0n) is 22.0. The van der Waals surface area contributed by atoms with Gasteiger partial charge in [-0.1, -0.05) is 62.0 Å². The smallest absolute Gasteiger partial charge is 0.307 e. The zero-order valence-corrected chi connectivity index (χ0v) is 22.8. The van der Waals surface area contributed by atoms with E-state index in [-0.39, 0.29) is 24.0 Å². The average molecular weight is 519 g/mol. The topological polar surface area (TPSA) is 72.7 Å². The number of hydrogen-bond donors (Lipinski definition) is 1. The molecule has 0 aromatic heterocycles. The first-order chi connectivity index (χ1) is 17.7. The third-order valence-electron chi connectivity index (χ3n) is 7.73. The highest BCUT2D eigenvalue weighted by Gasteiger charge is 2.47. The number of carbonyl (C=O) groups is 1. The van der Waals surface area contributed by atoms with Crippen LogP contribution in [0.4, 0.5) is 5.69 Å². The minimum Gasteiger partial charge on any atom is -0.481 e. The van der Waals surface area contributed by atoms with E-state index in [9.17, 15) is 9.90 Å². The summed E-state index contributed by atoms with van der Waals surface area (Å²) in [4.78, 5) is 16.2. The van der Waals surface area contributed by atoms with Crippen molar-refractivity contribution in [3.05, 3.63) is 93.1 Å². The fraction of sp³-hybridized carbons (Fsp3) is 0.387. The SMILES string of the molecule is C/C=C(\Sc1ccccc1C)C1=CC2=C3N(CCC2OC1CC[OH2+])c1ccc(CC(=O)O)cc1C3(C)C. The Hall–Kier alpha value is -2.80. The van der Waals surface area contributed by atoms with Gasteiger partial charge in [0.1, 0.15) is 6.61 Å². The van der Waals surface area contributed by atoms with Gasteiger partial charge in [-0.15, -0.1) is 0 Å². The van der Waals surface area contributed by atoms with Crippen LogP contribution in [0, 0.1) is 6.92 Å². The lowest BCUT2D eigenvalue weighted by atomic mass is 9.78. The number of rotatable bonds is 7. The molecule has 3 aliphatic heterocycles. The van der Waals surface area contributed by atoms with Gasteiger partial charge in [0.15, 0.2) is 0 Å². The lowest BCUT2D eigenvalue weighted by Gasteiger charge is -2.42. The summed E-state index contributed by atoms with van der Waals surface area (Å²) in [6, 6.07) is 14.5. The summed E-state index contributed by atoms with van der Waals surface area (Å²) in [5, 5.41) is 17.3. The molecule has 3 N–H and O–H groups in total. The van der Waals surface area contributed by atoms with Crippen LogP contribution in [0.3, 0.4) is 0 Å². The fourth-order valence-electron chi connectivity index (χ4n) is 5.99. The van der Waals surface area contributed by atoms with E-state index in [4.69, 9.17) is 9.84 Å². The summed E-state index contributed by atoms with van der Waals surface area (Å²) in [6.45, 7) is 9.88. The summed E-state index contributed by atoms with van der Waals surface area (Å²) in [6.07, 6.45) is 6.00. The number of carboxylic acid groups (broad SMARTS) is 1. The van der Waals surface area contributed by atoms with Gasteiger partial charge < -0.3 is 19.8 Å². The van der Waals surface area contributed by atoms with Crippen LogP contribution in [0.5, 0.6) is 0 Å². The molecule has 0 amide bonds. The van der Waals surface area contributed by atoms with Gasteiger partial charge >= 0.3 is 5.97 Å². The average Bonchev–Trinajstić information content (AvgIpc) is 3.09. The molecule has 2 aromatic rings. The summed E-state index contributed by atoms with van der Waals surface area (Å²) in [7, 11) is 0. The van der Waals surface area contributed by atoms with Gasteiger partial charge in [0.25, 0.3) is 0 Å². The van der Waals surface area contributed by atoms with Gasteiger partial charge in [-0.05, 0) is 60.7 Å². The molecule has 2 atom stereocenters. The molecule has 3 heterocycles. The molecule has 0 spiro atoms. The van der Waals surface area contributed by atoms with Crippen LogP contribution in [-0.4, -0.2) is 41.5 Å². The second-order valence-electron chi connectivity index (χ2n) is 10.6. The van der Waals surface area contributed by atoms with Crippen molar-refractivity contribution in [2.24, 2.45) is 0 Å². The monoisotopic (exact) mass is 518 g/mol. The first-order valence-electron chi connectivity index (χ1n) is 13.0. The highest BCUT2D eigenvalue weighted by atomic mass is 32.2. The summed E-state index contributed by atoms with van der Waals surface area (Å²) in [5.41, 5.74) is 7.78. The van der Waals surface area contributed by atoms with E-state index in [2.05, 4.69) is 81.1 Å². The molecule has 2 unspecified atom stereocenters. The number of aliphatic carboxylic acids is 1. The Kier molecular flexibility index (Phi) is 7.10. The molecule has 0 radical (unpaired) electrons. The van der Waals surface area contributed by atoms with E-state index in [1.807, 2.05) is 6.07 Å². The van der Waals surface area contributed by atoms with Crippen LogP contribution in [0.15, 0.2) is 81.3 Å². The summed E-state index contributed by atoms with van der Waals surface area (Å²) in [5.74, 6) is -0.811. The summed E-state index contributed by atoms with van der Waals surface area (Å²) < 4.78 is 6.77. The van der Waals surface area contributed by atoms with Gasteiger partial charge in [-0.3, -0.25) is 4.79 Å². The number of ether oxygens (including phenoxy) is 1. The van der Waals surface area contributed by atoms with Crippen molar-refractivity contribution in [3.63, 3.8) is 0 Å². The molecule has 0 saturated heterocycles. The Labute approximate surface area is 223 Å². The van der Waals surface area contributed by atoms with Gasteiger partial charge in [-0.2, -0.15) is 0 Å². The van der Waals surface area contributed by atoms with E-state index in [0.29, 0.717) is 13.0 Å². The largest absolute Gasteiger partial charge is 0.481 e. The maximum Gasteiger partial charge on any atom is 0.307 e. The minimum absolute atomic E-state index is 0.000180. The maximum absolute atomic E-state index is 11.4. The molecule has 2 aromatic carbocycles. The second-order valence-corrected chi connectivity index (χ2v) is 11.6. The molecule has 3 aliphatic rings. The Balaban J connectivity index is 1.61. The molecular weight excluding hydrogens is 482 g/mol. The number of benzene rings is 2. The lowest BCUT2D eigenvalue weighted by Crippen LogP contribution is -2.42. The van der Waals surface area contributed by atoms with Crippen LogP contribution in [0.25, 0.3) is 0 Å². The molecule has 0 fully saturated rings. The number of allylic oxidation sites excluding steroid dienone is 2. The zero-order chi connectivity index (χ0) is 26.3. The molecular formula is C31H36NO4S+. The highest BCUT2D eigenvalue weighted by molar-refractivity contribution is 8.03. The predicted molar refractivity (Wildman–Crippen MR) is 150 cm³/mol. The van der Waals surface area contributed by atoms with Crippen molar-refractivity contribution < 1.29 is 19.7 Å². The number of aryl methyl sites for hydroxylation is 1. The maximum atomic E-state index is 11.4. The summed E-state index contributed by atoms with van der Waals surface area (Å²) >= 11 is 1.77. The van der Waals surface area contributed by atoms with Crippen LogP contribution in [0.1, 0.15) is 50.3 Å². The Bertz CT molecular complexity index is 1320. The number of carboxylic acids is 1. The van der Waals surface area contributed by atoms with Crippen molar-refractivity contribution in [1.29, 1.82) is 0 Å². The van der Waals surface area contributed by atoms with Crippen molar-refractivity contribution >= 4 is 23.4 Å². The quantitative estimate of drug-likeness (QED) is 0.366. The number of nitrogens with zero attached hydrogens (tertiary/aromatic N) is 1. The third kappa shape index (κ3) is 4.67. The fourth-order valence-corrected chi connectivity index (χ4v) is 7.02. The molecule has 0 aliphatic carbocycles. The van der Waals surface area contributed by atoms with Crippen molar-refractivity contribution in [1.82, 2.24) is 0 Å². The number of fused-ring (bicyclic) bond motifs is 4. The molecule has 37 heavy (non-hydrogen) atoms. The van der Waals surface area contributed by atoms with E-state index in [1.165, 1.54) is 37.9 Å². The van der Waals surface area contributed by atoms with Gasteiger partial charge in [0.2, 0.25) is 0 Å². The lowest BCUT2D eigenvalue weighted by molar-refractivity contribution is -0.136. The van der Waals surface area contributed by atoms with Crippen molar-refractivity contribution in [3.8, 4) is 0 Å². The molecule has 0 saturated carbocycles. The normalized spacial score (nSPS) is 22.4. The molecule has 194 valence electrons. The Morgan fingerprint density at radius 1 is 1.27 bits per heavy atom. The van der Waals surface area contributed by atoms with Crippen molar-refractivity contribution in [2.75, 3.05) is 18.1 Å². The van der Waals surface area contributed by atoms with Gasteiger partial charge in [-0.25, -0.2) is 0 Å². The molecule has 0 bridgehead atoms. The Morgan fingerprint density at radius 3 is 2.76 bits per heavy atom. The molecule has 5 nitrogen and oxygen atoms in total.